The molecule has 4 nitrogen and oxygen atoms in total. The van der Waals surface area contributed by atoms with Crippen molar-refractivity contribution in [1.82, 2.24) is 0 Å². The molecule has 0 spiro atoms. The molecule has 0 aromatic rings. The molecule has 0 aromatic carbocycles. The Balaban J connectivity index is 3.73. The quantitative estimate of drug-likeness (QED) is 0.424. The van der Waals surface area contributed by atoms with E-state index < -0.39 is 5.97 Å². The first-order valence-corrected chi connectivity index (χ1v) is 2.98. The van der Waals surface area contributed by atoms with Crippen LogP contribution in [-0.2, 0) is 19.1 Å². The highest BCUT2D eigenvalue weighted by atomic mass is 16.5. The predicted molar refractivity (Wildman–Crippen MR) is 38.0 cm³/mol. The maximum absolute atomic E-state index is 10.6. The molecule has 0 radical (unpaired) electrons. The maximum Gasteiger partial charge on any atom is 0.330 e. The van der Waals surface area contributed by atoms with E-state index in [0.717, 1.165) is 12.2 Å². The van der Waals surface area contributed by atoms with Gasteiger partial charge in [-0.05, 0) is 6.08 Å². The third kappa shape index (κ3) is 5.29. The van der Waals surface area contributed by atoms with Gasteiger partial charge in [0.15, 0.2) is 5.78 Å². The Morgan fingerprint density at radius 2 is 1.91 bits per heavy atom. The van der Waals surface area contributed by atoms with Gasteiger partial charge in [-0.25, -0.2) is 4.79 Å². The second kappa shape index (κ2) is 5.61. The van der Waals surface area contributed by atoms with Crippen LogP contribution < -0.4 is 0 Å². The van der Waals surface area contributed by atoms with E-state index >= 15 is 0 Å². The minimum atomic E-state index is -0.547. The van der Waals surface area contributed by atoms with Crippen molar-refractivity contribution in [3.8, 4) is 0 Å². The van der Waals surface area contributed by atoms with Crippen molar-refractivity contribution in [2.24, 2.45) is 0 Å². The minimum absolute atomic E-state index is 0.0203. The van der Waals surface area contributed by atoms with Crippen molar-refractivity contribution in [1.29, 1.82) is 0 Å². The van der Waals surface area contributed by atoms with Crippen molar-refractivity contribution < 1.29 is 19.1 Å². The van der Waals surface area contributed by atoms with Gasteiger partial charge < -0.3 is 9.47 Å². The molecule has 0 aliphatic carbocycles. The fourth-order valence-electron chi connectivity index (χ4n) is 0.419. The standard InChI is InChI=1S/C7H10O4/c1-10-5-6(8)3-4-7(9)11-2/h3-4H,5H2,1-2H3/b4-3+. The molecule has 4 heteroatoms. The Bertz CT molecular complexity index is 171. The van der Waals surface area contributed by atoms with Crippen molar-refractivity contribution in [2.75, 3.05) is 20.8 Å². The molecule has 0 aliphatic heterocycles. The topological polar surface area (TPSA) is 52.6 Å². The van der Waals surface area contributed by atoms with Gasteiger partial charge in [0, 0.05) is 13.2 Å². The van der Waals surface area contributed by atoms with Crippen LogP contribution in [0.3, 0.4) is 0 Å². The number of carbonyl (C=O) groups is 2. The molecule has 0 N–H and O–H groups in total. The lowest BCUT2D eigenvalue weighted by atomic mass is 10.4. The first kappa shape index (κ1) is 9.84. The Kier molecular flexibility index (Phi) is 5.02. The Labute approximate surface area is 64.8 Å². The van der Waals surface area contributed by atoms with Crippen LogP contribution in [0.4, 0.5) is 0 Å². The number of ketones is 1. The lowest BCUT2D eigenvalue weighted by Crippen LogP contribution is -2.03. The third-order valence-electron chi connectivity index (χ3n) is 0.893. The van der Waals surface area contributed by atoms with Gasteiger partial charge in [0.2, 0.25) is 0 Å². The van der Waals surface area contributed by atoms with Crippen LogP contribution in [0.5, 0.6) is 0 Å². The molecule has 0 saturated heterocycles. The molecule has 0 rings (SSSR count). The van der Waals surface area contributed by atoms with Crippen LogP contribution in [0.1, 0.15) is 0 Å². The molecule has 0 atom stereocenters. The minimum Gasteiger partial charge on any atom is -0.466 e. The summed E-state index contributed by atoms with van der Waals surface area (Å²) in [5.74, 6) is -0.813. The van der Waals surface area contributed by atoms with E-state index in [2.05, 4.69) is 9.47 Å². The lowest BCUT2D eigenvalue weighted by Gasteiger charge is -1.90. The summed E-state index contributed by atoms with van der Waals surface area (Å²) in [5.41, 5.74) is 0. The number of carbonyl (C=O) groups excluding carboxylic acids is 2. The van der Waals surface area contributed by atoms with Crippen LogP contribution in [0.2, 0.25) is 0 Å². The first-order valence-electron chi connectivity index (χ1n) is 2.98. The molecule has 62 valence electrons. The summed E-state index contributed by atoms with van der Waals surface area (Å²) in [7, 11) is 2.65. The summed E-state index contributed by atoms with van der Waals surface area (Å²) >= 11 is 0. The normalized spacial score (nSPS) is 10.0. The zero-order chi connectivity index (χ0) is 8.69. The van der Waals surface area contributed by atoms with E-state index in [4.69, 9.17) is 0 Å². The first-order chi connectivity index (χ1) is 5.20. The average Bonchev–Trinajstić information content (AvgIpc) is 2.01. The highest BCUT2D eigenvalue weighted by Crippen LogP contribution is 1.81. The highest BCUT2D eigenvalue weighted by Gasteiger charge is 1.96. The average molecular weight is 158 g/mol. The molecular weight excluding hydrogens is 148 g/mol. The van der Waals surface area contributed by atoms with Gasteiger partial charge in [0.1, 0.15) is 6.61 Å². The van der Waals surface area contributed by atoms with Crippen molar-refractivity contribution in [3.63, 3.8) is 0 Å². The molecular formula is C7H10O4. The number of hydrogen-bond acceptors (Lipinski definition) is 4. The molecule has 0 bridgehead atoms. The summed E-state index contributed by atoms with van der Waals surface area (Å²) in [6.07, 6.45) is 2.18. The molecule has 0 aromatic heterocycles. The summed E-state index contributed by atoms with van der Waals surface area (Å²) in [6.45, 7) is -0.0203. The van der Waals surface area contributed by atoms with Crippen LogP contribution in [0.15, 0.2) is 12.2 Å². The van der Waals surface area contributed by atoms with Gasteiger partial charge in [0.05, 0.1) is 7.11 Å². The smallest absolute Gasteiger partial charge is 0.330 e. The Morgan fingerprint density at radius 3 is 2.36 bits per heavy atom. The fraction of sp³-hybridized carbons (Fsp3) is 0.429. The molecule has 11 heavy (non-hydrogen) atoms. The monoisotopic (exact) mass is 158 g/mol. The van der Waals surface area contributed by atoms with E-state index in [1.165, 1.54) is 14.2 Å². The molecule has 0 aliphatic rings. The van der Waals surface area contributed by atoms with Crippen molar-refractivity contribution in [2.45, 2.75) is 0 Å². The SMILES string of the molecule is COCC(=O)/C=C/C(=O)OC. The zero-order valence-corrected chi connectivity index (χ0v) is 6.49. The summed E-state index contributed by atoms with van der Waals surface area (Å²) in [6, 6.07) is 0. The lowest BCUT2D eigenvalue weighted by molar-refractivity contribution is -0.135. The summed E-state index contributed by atoms with van der Waals surface area (Å²) in [4.78, 5) is 21.1. The van der Waals surface area contributed by atoms with Crippen LogP contribution >= 0.6 is 0 Å². The van der Waals surface area contributed by atoms with Gasteiger partial charge >= 0.3 is 5.97 Å². The second-order valence-corrected chi connectivity index (χ2v) is 1.76. The Hall–Kier alpha value is -1.16. The molecule has 0 heterocycles. The van der Waals surface area contributed by atoms with Crippen LogP contribution in [-0.4, -0.2) is 32.6 Å². The van der Waals surface area contributed by atoms with Gasteiger partial charge in [-0.1, -0.05) is 0 Å². The Morgan fingerprint density at radius 1 is 1.27 bits per heavy atom. The van der Waals surface area contributed by atoms with E-state index in [1.807, 2.05) is 0 Å². The van der Waals surface area contributed by atoms with Gasteiger partial charge in [-0.2, -0.15) is 0 Å². The molecule has 0 unspecified atom stereocenters. The number of methoxy groups -OCH3 is 2. The maximum atomic E-state index is 10.6. The fourth-order valence-corrected chi connectivity index (χ4v) is 0.419. The van der Waals surface area contributed by atoms with E-state index in [-0.39, 0.29) is 12.4 Å². The molecule has 0 amide bonds. The number of ether oxygens (including phenoxy) is 2. The van der Waals surface area contributed by atoms with Crippen LogP contribution in [0, 0.1) is 0 Å². The van der Waals surface area contributed by atoms with E-state index in [1.54, 1.807) is 0 Å². The van der Waals surface area contributed by atoms with E-state index in [9.17, 15) is 9.59 Å². The molecule has 0 fully saturated rings. The summed E-state index contributed by atoms with van der Waals surface area (Å²) < 4.78 is 8.78. The number of rotatable bonds is 4. The molecule has 0 saturated carbocycles. The van der Waals surface area contributed by atoms with Gasteiger partial charge in [0.25, 0.3) is 0 Å². The van der Waals surface area contributed by atoms with Crippen molar-refractivity contribution >= 4 is 11.8 Å². The number of esters is 1. The second-order valence-electron chi connectivity index (χ2n) is 1.76. The third-order valence-corrected chi connectivity index (χ3v) is 0.893. The largest absolute Gasteiger partial charge is 0.466 e. The number of hydrogen-bond donors (Lipinski definition) is 0. The van der Waals surface area contributed by atoms with Crippen molar-refractivity contribution in [3.05, 3.63) is 12.2 Å². The highest BCUT2D eigenvalue weighted by molar-refractivity contribution is 5.96. The van der Waals surface area contributed by atoms with Crippen LogP contribution in [0.25, 0.3) is 0 Å². The van der Waals surface area contributed by atoms with E-state index in [0.29, 0.717) is 0 Å². The summed E-state index contributed by atoms with van der Waals surface area (Å²) in [5, 5.41) is 0. The van der Waals surface area contributed by atoms with Gasteiger partial charge in [-0.15, -0.1) is 0 Å². The van der Waals surface area contributed by atoms with Gasteiger partial charge in [-0.3, -0.25) is 4.79 Å². The zero-order valence-electron chi connectivity index (χ0n) is 6.49. The predicted octanol–water partition coefficient (Wildman–Crippen LogP) is -0.0689.